The van der Waals surface area contributed by atoms with Crippen molar-refractivity contribution in [1.82, 2.24) is 0 Å². The van der Waals surface area contributed by atoms with E-state index in [1.165, 1.54) is 0 Å². The van der Waals surface area contributed by atoms with E-state index in [-0.39, 0.29) is 31.8 Å². The van der Waals surface area contributed by atoms with Gasteiger partial charge in [-0.15, -0.1) is 12.4 Å². The smallest absolute Gasteiger partial charge is 0.186 e. The highest BCUT2D eigenvalue weighted by molar-refractivity contribution is 5.85. The Balaban J connectivity index is 0.00000385. The van der Waals surface area contributed by atoms with Gasteiger partial charge in [-0.1, -0.05) is 0 Å². The number of hydrogen-bond acceptors (Lipinski definition) is 14. The Morgan fingerprint density at radius 2 is 1.27 bits per heavy atom. The van der Waals surface area contributed by atoms with Gasteiger partial charge in [0.1, 0.15) is 36.6 Å². The molecule has 0 aromatic rings. The topological polar surface area (TPSA) is 268 Å². The number of aliphatic hydroxyl groups excluding tert-OH is 5. The quantitative estimate of drug-likeness (QED) is 0.162. The summed E-state index contributed by atoms with van der Waals surface area (Å²) in [5.41, 5.74) is 29.8. The van der Waals surface area contributed by atoms with Gasteiger partial charge < -0.3 is 73.1 Å². The first-order valence-corrected chi connectivity index (χ1v) is 10.8. The van der Waals surface area contributed by atoms with E-state index in [1.54, 1.807) is 0 Å². The minimum absolute atomic E-state index is 0. The van der Waals surface area contributed by atoms with Crippen LogP contribution in [0, 0.1) is 0 Å². The summed E-state index contributed by atoms with van der Waals surface area (Å²) in [7, 11) is 0. The van der Waals surface area contributed by atoms with Crippen LogP contribution in [0.25, 0.3) is 0 Å². The van der Waals surface area contributed by atoms with Crippen molar-refractivity contribution in [1.29, 1.82) is 0 Å². The van der Waals surface area contributed by atoms with Crippen LogP contribution in [0.5, 0.6) is 0 Å². The number of nitrogens with two attached hydrogens (primary N) is 5. The fourth-order valence-electron chi connectivity index (χ4n) is 4.43. The van der Waals surface area contributed by atoms with E-state index in [4.69, 9.17) is 47.6 Å². The maximum absolute atomic E-state index is 11.0. The van der Waals surface area contributed by atoms with Crippen molar-refractivity contribution < 1.29 is 44.5 Å². The van der Waals surface area contributed by atoms with Crippen molar-refractivity contribution in [3.8, 4) is 0 Å². The number of hydrogen-bond donors (Lipinski definition) is 10. The monoisotopic (exact) mass is 503 g/mol. The minimum atomic E-state index is -1.44. The number of halogens is 1. The zero-order chi connectivity index (χ0) is 23.7. The van der Waals surface area contributed by atoms with Crippen LogP contribution < -0.4 is 28.7 Å². The van der Waals surface area contributed by atoms with Crippen molar-refractivity contribution in [2.45, 2.75) is 98.4 Å². The third-order valence-corrected chi connectivity index (χ3v) is 6.41. The number of ether oxygens (including phenoxy) is 4. The van der Waals surface area contributed by atoms with Gasteiger partial charge in [0.2, 0.25) is 0 Å². The molecule has 0 aromatic heterocycles. The fourth-order valence-corrected chi connectivity index (χ4v) is 4.43. The van der Waals surface area contributed by atoms with Crippen LogP contribution in [0.3, 0.4) is 0 Å². The summed E-state index contributed by atoms with van der Waals surface area (Å²) in [5.74, 6) is 0. The summed E-state index contributed by atoms with van der Waals surface area (Å²) in [4.78, 5) is 0. The normalized spacial score (nSPS) is 51.1. The second kappa shape index (κ2) is 12.1. The zero-order valence-corrected chi connectivity index (χ0v) is 18.9. The molecule has 196 valence electrons. The van der Waals surface area contributed by atoms with Crippen LogP contribution in [0.15, 0.2) is 0 Å². The highest BCUT2D eigenvalue weighted by Crippen LogP contribution is 2.30. The summed E-state index contributed by atoms with van der Waals surface area (Å²) < 4.78 is 22.7. The SMILES string of the molecule is Cl.NC[C@H]1OC(OC2C(N)CC(N)C(OC3O[C@H](CO)C(O)C(N)C3O)C2O)C(N)CC1O. The van der Waals surface area contributed by atoms with Gasteiger partial charge in [0.15, 0.2) is 12.6 Å². The lowest BCUT2D eigenvalue weighted by molar-refractivity contribution is -0.314. The molecular formula is C18H38ClN5O9. The molecule has 33 heavy (non-hydrogen) atoms. The Morgan fingerprint density at radius 3 is 1.82 bits per heavy atom. The average Bonchev–Trinajstić information content (AvgIpc) is 2.75. The predicted octanol–water partition coefficient (Wildman–Crippen LogP) is -5.87. The third kappa shape index (κ3) is 6.11. The molecule has 14 atom stereocenters. The highest BCUT2D eigenvalue weighted by Gasteiger charge is 2.50. The first-order valence-electron chi connectivity index (χ1n) is 10.8. The molecule has 2 saturated heterocycles. The van der Waals surface area contributed by atoms with Crippen molar-refractivity contribution >= 4 is 12.4 Å². The average molecular weight is 504 g/mol. The van der Waals surface area contributed by atoms with Crippen LogP contribution in [0.2, 0.25) is 0 Å². The molecule has 3 rings (SSSR count). The summed E-state index contributed by atoms with van der Waals surface area (Å²) >= 11 is 0. The second-order valence-electron chi connectivity index (χ2n) is 8.78. The van der Waals surface area contributed by atoms with Crippen molar-refractivity contribution in [2.24, 2.45) is 28.7 Å². The molecular weight excluding hydrogens is 466 g/mol. The maximum Gasteiger partial charge on any atom is 0.186 e. The molecule has 2 heterocycles. The van der Waals surface area contributed by atoms with Gasteiger partial charge in [-0.2, -0.15) is 0 Å². The van der Waals surface area contributed by atoms with Gasteiger partial charge >= 0.3 is 0 Å². The number of aliphatic hydroxyl groups is 5. The van der Waals surface area contributed by atoms with Crippen LogP contribution >= 0.6 is 12.4 Å². The van der Waals surface area contributed by atoms with E-state index < -0.39 is 92.2 Å². The second-order valence-corrected chi connectivity index (χ2v) is 8.78. The molecule has 3 fully saturated rings. The Labute approximate surface area is 197 Å². The molecule has 0 aromatic carbocycles. The highest BCUT2D eigenvalue weighted by atomic mass is 35.5. The Bertz CT molecular complexity index is 614. The van der Waals surface area contributed by atoms with Crippen LogP contribution in [-0.4, -0.2) is 124 Å². The van der Waals surface area contributed by atoms with Crippen LogP contribution in [-0.2, 0) is 18.9 Å². The molecule has 12 unspecified atom stereocenters. The molecule has 1 saturated carbocycles. The summed E-state index contributed by atoms with van der Waals surface area (Å²) in [5, 5.41) is 50.7. The van der Waals surface area contributed by atoms with Gasteiger partial charge in [0.05, 0.1) is 30.9 Å². The molecule has 1 aliphatic carbocycles. The Hall–Kier alpha value is -0.270. The lowest BCUT2D eigenvalue weighted by Crippen LogP contribution is -2.68. The zero-order valence-electron chi connectivity index (χ0n) is 18.1. The predicted molar refractivity (Wildman–Crippen MR) is 116 cm³/mol. The van der Waals surface area contributed by atoms with Gasteiger partial charge in [-0.3, -0.25) is 0 Å². The molecule has 0 radical (unpaired) electrons. The molecule has 14 nitrogen and oxygen atoms in total. The lowest BCUT2D eigenvalue weighted by Gasteiger charge is -2.47. The van der Waals surface area contributed by atoms with Gasteiger partial charge in [-0.25, -0.2) is 0 Å². The molecule has 15 heteroatoms. The van der Waals surface area contributed by atoms with E-state index in [2.05, 4.69) is 0 Å². The molecule has 0 amide bonds. The summed E-state index contributed by atoms with van der Waals surface area (Å²) in [6, 6.07) is -3.27. The van der Waals surface area contributed by atoms with Gasteiger partial charge in [0, 0.05) is 18.6 Å². The summed E-state index contributed by atoms with van der Waals surface area (Å²) in [6.45, 7) is -0.499. The number of rotatable bonds is 6. The van der Waals surface area contributed by atoms with Crippen molar-refractivity contribution in [3.05, 3.63) is 0 Å². The lowest BCUT2D eigenvalue weighted by atomic mass is 9.84. The van der Waals surface area contributed by atoms with E-state index in [9.17, 15) is 25.5 Å². The van der Waals surface area contributed by atoms with E-state index in [0.717, 1.165) is 0 Å². The van der Waals surface area contributed by atoms with Gasteiger partial charge in [0.25, 0.3) is 0 Å². The first-order chi connectivity index (χ1) is 15.1. The molecule has 0 spiro atoms. The van der Waals surface area contributed by atoms with Crippen molar-refractivity contribution in [3.63, 3.8) is 0 Å². The molecule has 3 aliphatic rings. The largest absolute Gasteiger partial charge is 0.394 e. The molecule has 0 bridgehead atoms. The van der Waals surface area contributed by atoms with Crippen molar-refractivity contribution in [2.75, 3.05) is 13.2 Å². The molecule has 2 aliphatic heterocycles. The van der Waals surface area contributed by atoms with Gasteiger partial charge in [-0.05, 0) is 12.8 Å². The minimum Gasteiger partial charge on any atom is -0.394 e. The van der Waals surface area contributed by atoms with Crippen LogP contribution in [0.4, 0.5) is 0 Å². The van der Waals surface area contributed by atoms with E-state index in [1.807, 2.05) is 0 Å². The fraction of sp³-hybridized carbons (Fsp3) is 1.00. The van der Waals surface area contributed by atoms with Crippen LogP contribution in [0.1, 0.15) is 12.8 Å². The third-order valence-electron chi connectivity index (χ3n) is 6.41. The Kier molecular flexibility index (Phi) is 10.6. The summed E-state index contributed by atoms with van der Waals surface area (Å²) in [6.07, 6.45) is -10.8. The standard InChI is InChI=1S/C18H37N5O9.ClH/c19-3-9-8(25)2-7(22)17(29-9)31-15-5(20)1-6(21)16(14(15)28)32-18-13(27)11(23)12(26)10(4-24)30-18;/h5-18,24-28H,1-4,19-23H2;1H/t5?,6?,7?,8?,9-,10-,11?,12?,13?,14?,15?,16?,17?,18?;/m1./s1. The Morgan fingerprint density at radius 1 is 0.727 bits per heavy atom. The molecule has 15 N–H and O–H groups in total. The van der Waals surface area contributed by atoms with E-state index >= 15 is 0 Å². The maximum atomic E-state index is 11.0. The first kappa shape index (κ1) is 29.0. The van der Waals surface area contributed by atoms with E-state index in [0.29, 0.717) is 0 Å².